The standard InChI is InChI=1S/C10H18N2O2/c1-5-10(3,7-11)9(14)12(4)8(2)6-13/h8,13H,5-6H2,1-4H3. The third-order valence-electron chi connectivity index (χ3n) is 2.67. The first-order chi connectivity index (χ1) is 6.42. The summed E-state index contributed by atoms with van der Waals surface area (Å²) in [7, 11) is 1.61. The Kier molecular flexibility index (Phi) is 4.58. The first-order valence-electron chi connectivity index (χ1n) is 4.72. The number of hydrogen-bond acceptors (Lipinski definition) is 3. The second-order valence-corrected chi connectivity index (χ2v) is 3.75. The second-order valence-electron chi connectivity index (χ2n) is 3.75. The Morgan fingerprint density at radius 3 is 2.50 bits per heavy atom. The molecular formula is C10H18N2O2. The molecule has 4 nitrogen and oxygen atoms in total. The van der Waals surface area contributed by atoms with Crippen LogP contribution in [0.15, 0.2) is 0 Å². The quantitative estimate of drug-likeness (QED) is 0.725. The zero-order valence-electron chi connectivity index (χ0n) is 9.24. The zero-order chi connectivity index (χ0) is 11.4. The number of aliphatic hydroxyl groups is 1. The van der Waals surface area contributed by atoms with E-state index in [0.717, 1.165) is 0 Å². The van der Waals surface area contributed by atoms with E-state index < -0.39 is 5.41 Å². The molecule has 1 amide bonds. The highest BCUT2D eigenvalue weighted by molar-refractivity contribution is 5.85. The number of nitrogens with zero attached hydrogens (tertiary/aromatic N) is 2. The van der Waals surface area contributed by atoms with Crippen molar-refractivity contribution in [1.82, 2.24) is 4.90 Å². The Hall–Kier alpha value is -1.08. The number of aliphatic hydroxyl groups excluding tert-OH is 1. The summed E-state index contributed by atoms with van der Waals surface area (Å²) in [5.74, 6) is -0.232. The Bertz CT molecular complexity index is 247. The molecule has 0 bridgehead atoms. The van der Waals surface area contributed by atoms with Gasteiger partial charge in [-0.2, -0.15) is 5.26 Å². The van der Waals surface area contributed by atoms with Gasteiger partial charge < -0.3 is 10.0 Å². The Labute approximate surface area is 85.1 Å². The van der Waals surface area contributed by atoms with Crippen molar-refractivity contribution in [2.24, 2.45) is 5.41 Å². The average Bonchev–Trinajstić information content (AvgIpc) is 2.24. The van der Waals surface area contributed by atoms with Crippen molar-refractivity contribution in [1.29, 1.82) is 5.26 Å². The highest BCUT2D eigenvalue weighted by Crippen LogP contribution is 2.23. The van der Waals surface area contributed by atoms with Crippen LogP contribution in [0, 0.1) is 16.7 Å². The molecule has 0 aromatic carbocycles. The molecule has 0 aliphatic heterocycles. The second kappa shape index (κ2) is 4.97. The molecule has 2 unspecified atom stereocenters. The van der Waals surface area contributed by atoms with Gasteiger partial charge in [0.25, 0.3) is 0 Å². The number of rotatable bonds is 4. The summed E-state index contributed by atoms with van der Waals surface area (Å²) < 4.78 is 0. The van der Waals surface area contributed by atoms with Crippen LogP contribution in [0.4, 0.5) is 0 Å². The van der Waals surface area contributed by atoms with Gasteiger partial charge >= 0.3 is 0 Å². The van der Waals surface area contributed by atoms with Gasteiger partial charge in [0.05, 0.1) is 18.7 Å². The molecule has 0 aromatic rings. The van der Waals surface area contributed by atoms with Crippen LogP contribution in [-0.2, 0) is 4.79 Å². The minimum Gasteiger partial charge on any atom is -0.394 e. The molecule has 4 heteroatoms. The number of carbonyl (C=O) groups is 1. The van der Waals surface area contributed by atoms with E-state index in [2.05, 4.69) is 0 Å². The van der Waals surface area contributed by atoms with E-state index in [1.165, 1.54) is 4.90 Å². The Balaban J connectivity index is 4.70. The molecule has 0 aliphatic rings. The molecule has 80 valence electrons. The van der Waals surface area contributed by atoms with Gasteiger partial charge in [-0.05, 0) is 20.3 Å². The number of carbonyl (C=O) groups excluding carboxylic acids is 1. The van der Waals surface area contributed by atoms with E-state index in [4.69, 9.17) is 10.4 Å². The largest absolute Gasteiger partial charge is 0.394 e. The molecule has 0 radical (unpaired) electrons. The van der Waals surface area contributed by atoms with Gasteiger partial charge in [-0.25, -0.2) is 0 Å². The van der Waals surface area contributed by atoms with Gasteiger partial charge in [-0.3, -0.25) is 4.79 Å². The molecule has 0 heterocycles. The molecule has 1 N–H and O–H groups in total. The number of amides is 1. The lowest BCUT2D eigenvalue weighted by Crippen LogP contribution is -2.45. The van der Waals surface area contributed by atoms with Gasteiger partial charge in [-0.15, -0.1) is 0 Å². The SMILES string of the molecule is CCC(C)(C#N)C(=O)N(C)C(C)CO. The fraction of sp³-hybridized carbons (Fsp3) is 0.800. The average molecular weight is 198 g/mol. The predicted octanol–water partition coefficient (Wildman–Crippen LogP) is 0.765. The Morgan fingerprint density at radius 1 is 1.71 bits per heavy atom. The fourth-order valence-corrected chi connectivity index (χ4v) is 0.990. The minimum atomic E-state index is -0.974. The van der Waals surface area contributed by atoms with Crippen LogP contribution < -0.4 is 0 Å². The molecule has 0 rings (SSSR count). The van der Waals surface area contributed by atoms with Crippen LogP contribution in [0.5, 0.6) is 0 Å². The number of likely N-dealkylation sites (N-methyl/N-ethyl adjacent to an activating group) is 1. The van der Waals surface area contributed by atoms with E-state index in [9.17, 15) is 4.79 Å². The van der Waals surface area contributed by atoms with Crippen molar-refractivity contribution in [3.63, 3.8) is 0 Å². The molecular weight excluding hydrogens is 180 g/mol. The van der Waals surface area contributed by atoms with Crippen molar-refractivity contribution in [2.45, 2.75) is 33.2 Å². The molecule has 0 spiro atoms. The summed E-state index contributed by atoms with van der Waals surface area (Å²) in [6.07, 6.45) is 0.477. The number of hydrogen-bond donors (Lipinski definition) is 1. The topological polar surface area (TPSA) is 64.3 Å². The molecule has 0 fully saturated rings. The zero-order valence-corrected chi connectivity index (χ0v) is 9.24. The van der Waals surface area contributed by atoms with Crippen LogP contribution in [0.25, 0.3) is 0 Å². The summed E-state index contributed by atoms with van der Waals surface area (Å²) in [4.78, 5) is 13.2. The molecule has 2 atom stereocenters. The maximum atomic E-state index is 11.8. The summed E-state index contributed by atoms with van der Waals surface area (Å²) in [5, 5.41) is 17.8. The summed E-state index contributed by atoms with van der Waals surface area (Å²) in [6, 6.07) is 1.77. The van der Waals surface area contributed by atoms with Gasteiger partial charge in [-0.1, -0.05) is 6.92 Å². The van der Waals surface area contributed by atoms with E-state index in [1.807, 2.05) is 6.07 Å². The highest BCUT2D eigenvalue weighted by atomic mass is 16.3. The molecule has 14 heavy (non-hydrogen) atoms. The first kappa shape index (κ1) is 12.9. The monoisotopic (exact) mass is 198 g/mol. The predicted molar refractivity (Wildman–Crippen MR) is 53.3 cm³/mol. The maximum Gasteiger partial charge on any atom is 0.242 e. The third kappa shape index (κ3) is 2.46. The molecule has 0 saturated heterocycles. The molecule has 0 aromatic heterocycles. The lowest BCUT2D eigenvalue weighted by molar-refractivity contribution is -0.139. The van der Waals surface area contributed by atoms with E-state index in [-0.39, 0.29) is 18.6 Å². The van der Waals surface area contributed by atoms with Crippen molar-refractivity contribution >= 4 is 5.91 Å². The van der Waals surface area contributed by atoms with E-state index in [0.29, 0.717) is 6.42 Å². The fourth-order valence-electron chi connectivity index (χ4n) is 0.990. The smallest absolute Gasteiger partial charge is 0.242 e. The minimum absolute atomic E-state index is 0.0898. The van der Waals surface area contributed by atoms with Crippen LogP contribution in [0.1, 0.15) is 27.2 Å². The van der Waals surface area contributed by atoms with Crippen LogP contribution in [0.2, 0.25) is 0 Å². The lowest BCUT2D eigenvalue weighted by Gasteiger charge is -2.29. The van der Waals surface area contributed by atoms with Crippen molar-refractivity contribution in [3.05, 3.63) is 0 Å². The summed E-state index contributed by atoms with van der Waals surface area (Å²) in [5.41, 5.74) is -0.974. The van der Waals surface area contributed by atoms with Crippen molar-refractivity contribution < 1.29 is 9.90 Å². The normalized spacial score (nSPS) is 16.6. The Morgan fingerprint density at radius 2 is 2.21 bits per heavy atom. The highest BCUT2D eigenvalue weighted by Gasteiger charge is 2.35. The summed E-state index contributed by atoms with van der Waals surface area (Å²) in [6.45, 7) is 5.08. The van der Waals surface area contributed by atoms with E-state index in [1.54, 1.807) is 27.8 Å². The molecule has 0 saturated carbocycles. The first-order valence-corrected chi connectivity index (χ1v) is 4.72. The third-order valence-corrected chi connectivity index (χ3v) is 2.67. The van der Waals surface area contributed by atoms with Crippen LogP contribution in [-0.4, -0.2) is 35.6 Å². The maximum absolute atomic E-state index is 11.8. The van der Waals surface area contributed by atoms with Gasteiger partial charge in [0, 0.05) is 7.05 Å². The van der Waals surface area contributed by atoms with Gasteiger partial charge in [0.15, 0.2) is 0 Å². The van der Waals surface area contributed by atoms with Gasteiger partial charge in [0.1, 0.15) is 5.41 Å². The molecule has 0 aliphatic carbocycles. The summed E-state index contributed by atoms with van der Waals surface area (Å²) >= 11 is 0. The van der Waals surface area contributed by atoms with Gasteiger partial charge in [0.2, 0.25) is 5.91 Å². The lowest BCUT2D eigenvalue weighted by atomic mass is 9.87. The van der Waals surface area contributed by atoms with Crippen LogP contribution in [0.3, 0.4) is 0 Å². The van der Waals surface area contributed by atoms with Crippen LogP contribution >= 0.6 is 0 Å². The van der Waals surface area contributed by atoms with E-state index >= 15 is 0 Å². The van der Waals surface area contributed by atoms with Crippen molar-refractivity contribution in [3.8, 4) is 6.07 Å². The number of nitriles is 1. The van der Waals surface area contributed by atoms with Crippen molar-refractivity contribution in [2.75, 3.05) is 13.7 Å².